The maximum absolute atomic E-state index is 12.2. The molecule has 0 atom stereocenters. The first kappa shape index (κ1) is 45.7. The number of hydrogen-bond donors (Lipinski definition) is 2. The van der Waals surface area contributed by atoms with Crippen LogP contribution in [0.2, 0.25) is 0 Å². The number of methoxy groups -OCH3 is 2. The summed E-state index contributed by atoms with van der Waals surface area (Å²) in [5, 5.41) is 44.1. The number of benzene rings is 4. The number of phenols is 2. The molecule has 314 valence electrons. The fourth-order valence-corrected chi connectivity index (χ4v) is 6.24. The number of imide groups is 2. The van der Waals surface area contributed by atoms with Crippen LogP contribution >= 0.6 is 0 Å². The molecule has 19 heteroatoms. The third kappa shape index (κ3) is 11.4. The average Bonchev–Trinajstić information content (AvgIpc) is 3.97. The van der Waals surface area contributed by atoms with Crippen LogP contribution in [0, 0.1) is 24.9 Å². The Morgan fingerprint density at radius 1 is 0.508 bits per heavy atom. The van der Waals surface area contributed by atoms with Crippen molar-refractivity contribution in [3.05, 3.63) is 168 Å². The van der Waals surface area contributed by atoms with E-state index in [1.807, 2.05) is 60.9 Å². The fraction of sp³-hybridized carbons (Fsp3) is 0.182. The topological polar surface area (TPSA) is 225 Å². The Morgan fingerprint density at radius 2 is 0.841 bits per heavy atom. The number of amides is 6. The normalized spacial score (nSPS) is 16.8. The number of likely N-dealkylation sites (N-methyl/N-ethyl adjacent to an activating group) is 2. The first-order chi connectivity index (χ1) is 29.8. The van der Waals surface area contributed by atoms with Crippen molar-refractivity contribution in [3.63, 3.8) is 0 Å². The van der Waals surface area contributed by atoms with Crippen LogP contribution in [0.3, 0.4) is 0 Å². The molecule has 4 aliphatic heterocycles. The molecule has 0 aliphatic carbocycles. The minimum atomic E-state index is -0.654. The quantitative estimate of drug-likeness (QED) is 0.139. The number of nitrogens with zero attached hydrogens (tertiary/aromatic N) is 10. The van der Waals surface area contributed by atoms with Crippen LogP contribution < -0.4 is 41.4 Å². The van der Waals surface area contributed by atoms with Crippen LogP contribution in [0.4, 0.5) is 9.59 Å². The van der Waals surface area contributed by atoms with Crippen molar-refractivity contribution in [1.29, 1.82) is 0 Å². The zero-order chi connectivity index (χ0) is 43.9. The summed E-state index contributed by atoms with van der Waals surface area (Å²) in [5.41, 5.74) is 5.38. The Balaban J connectivity index is 0.000000206. The maximum Gasteiger partial charge on any atom is 2.00 e. The Bertz CT molecular complexity index is 2150. The van der Waals surface area contributed by atoms with Gasteiger partial charge in [-0.15, -0.1) is 10.6 Å². The summed E-state index contributed by atoms with van der Waals surface area (Å²) in [6.45, 7) is 0.833. The van der Waals surface area contributed by atoms with E-state index >= 15 is 0 Å². The Morgan fingerprint density at radius 3 is 1.14 bits per heavy atom. The molecule has 0 saturated carbocycles. The van der Waals surface area contributed by atoms with Gasteiger partial charge in [0.15, 0.2) is 0 Å². The van der Waals surface area contributed by atoms with E-state index in [9.17, 15) is 29.4 Å². The van der Waals surface area contributed by atoms with Crippen molar-refractivity contribution in [3.8, 4) is 23.0 Å². The predicted molar refractivity (Wildman–Crippen MR) is 219 cm³/mol. The Kier molecular flexibility index (Phi) is 14.8. The van der Waals surface area contributed by atoms with Gasteiger partial charge in [-0.2, -0.15) is 10.6 Å². The summed E-state index contributed by atoms with van der Waals surface area (Å²) in [7, 11) is 5.94. The molecule has 2 saturated heterocycles. The number of carbonyl (C=O) groups excluding carboxylic acids is 4. The smallest absolute Gasteiger partial charge is 0.508 e. The maximum atomic E-state index is 12.2. The average molecular weight is 902 g/mol. The van der Waals surface area contributed by atoms with Crippen molar-refractivity contribution >= 4 is 23.9 Å². The van der Waals surface area contributed by atoms with Gasteiger partial charge in [0.2, 0.25) is 0 Å². The molecule has 2 fully saturated rings. The third-order valence-corrected chi connectivity index (χ3v) is 9.66. The van der Waals surface area contributed by atoms with Gasteiger partial charge in [-0.3, -0.25) is 19.4 Å². The molecule has 18 nitrogen and oxygen atoms in total. The molecule has 0 aromatic heterocycles. The molecule has 10 radical (unpaired) electrons. The summed E-state index contributed by atoms with van der Waals surface area (Å²) in [6, 6.07) is 27.5. The summed E-state index contributed by atoms with van der Waals surface area (Å²) in [4.78, 5) is 53.1. The van der Waals surface area contributed by atoms with Crippen molar-refractivity contribution in [2.24, 2.45) is 0 Å². The molecule has 6 amide bonds. The standard InChI is InChI=1S/2C22H20N5O4.Zn/c2*1-26-20(29)19(25-22(26)30)24-21-23-16(11-14-5-9-18(31-2)10-6-14)13-27(21)12-15-3-7-17(28)8-4-15;/h2*3-10,13,28H,11-12H2,1-2H3;/q;;+2. The van der Waals surface area contributed by atoms with Gasteiger partial charge in [0.25, 0.3) is 36.7 Å². The molecule has 4 aromatic rings. The number of aromatic hydroxyl groups is 2. The monoisotopic (exact) mass is 900 g/mol. The number of allylic oxidation sites excluding steroid dienone is 2. The van der Waals surface area contributed by atoms with E-state index in [1.165, 1.54) is 14.1 Å². The van der Waals surface area contributed by atoms with E-state index in [0.717, 1.165) is 54.9 Å². The van der Waals surface area contributed by atoms with Gasteiger partial charge < -0.3 is 29.5 Å². The van der Waals surface area contributed by atoms with E-state index in [1.54, 1.807) is 72.6 Å². The van der Waals surface area contributed by atoms with Gasteiger partial charge in [0.05, 0.1) is 25.6 Å². The van der Waals surface area contributed by atoms with Crippen molar-refractivity contribution in [2.45, 2.75) is 25.9 Å². The van der Waals surface area contributed by atoms with E-state index in [-0.39, 0.29) is 55.9 Å². The second-order valence-corrected chi connectivity index (χ2v) is 14.1. The first-order valence-electron chi connectivity index (χ1n) is 19.0. The largest absolute Gasteiger partial charge is 2.00 e. The van der Waals surface area contributed by atoms with Gasteiger partial charge in [0.1, 0.15) is 23.0 Å². The van der Waals surface area contributed by atoms with Crippen molar-refractivity contribution < 1.29 is 58.3 Å². The van der Waals surface area contributed by atoms with Crippen LogP contribution in [-0.2, 0) is 55.0 Å². The molecule has 0 spiro atoms. The van der Waals surface area contributed by atoms with Gasteiger partial charge in [-0.1, -0.05) is 48.5 Å². The predicted octanol–water partition coefficient (Wildman–Crippen LogP) is 3.28. The van der Waals surface area contributed by atoms with Gasteiger partial charge >= 0.3 is 31.5 Å². The zero-order valence-corrected chi connectivity index (χ0v) is 37.7. The molecule has 2 N–H and O–H groups in total. The molecule has 8 rings (SSSR count). The molecular weight excluding hydrogens is 862 g/mol. The molecule has 0 bridgehead atoms. The SMILES string of the molecule is COc1ccc(CC2=CN(Cc3ccc(O)cc3)[C]([N][C]3[N]C(=O)N(C)C3=O)[N]2)cc1.COc1ccc(CC2=CN(Cc3ccc(O)cc3)[C]([N][C]3[N]C(=O)N(C)C3=O)[N]2)cc1.[Zn+2]. The minimum Gasteiger partial charge on any atom is -0.508 e. The summed E-state index contributed by atoms with van der Waals surface area (Å²) < 4.78 is 10.4. The number of urea groups is 2. The van der Waals surface area contributed by atoms with Gasteiger partial charge in [-0.05, 0) is 70.8 Å². The Labute approximate surface area is 377 Å². The second-order valence-electron chi connectivity index (χ2n) is 14.1. The summed E-state index contributed by atoms with van der Waals surface area (Å²) in [6.07, 6.45) is 4.95. The van der Waals surface area contributed by atoms with Crippen LogP contribution in [-0.4, -0.2) is 82.0 Å². The number of phenolic OH excluding ortho intramolecular Hbond substituents is 2. The number of rotatable bonds is 14. The number of carbonyl (C=O) groups is 4. The van der Waals surface area contributed by atoms with Crippen molar-refractivity contribution in [2.75, 3.05) is 28.3 Å². The minimum absolute atomic E-state index is 0. The summed E-state index contributed by atoms with van der Waals surface area (Å²) in [5.74, 6) is 0.744. The van der Waals surface area contributed by atoms with E-state index < -0.39 is 23.9 Å². The van der Waals surface area contributed by atoms with E-state index in [4.69, 9.17) is 9.47 Å². The molecule has 0 unspecified atom stereocenters. The zero-order valence-electron chi connectivity index (χ0n) is 34.7. The molecule has 4 heterocycles. The number of hydrogen-bond acceptors (Lipinski definition) is 10. The van der Waals surface area contributed by atoms with Crippen LogP contribution in [0.1, 0.15) is 22.3 Å². The molecule has 4 aliphatic rings. The van der Waals surface area contributed by atoms with Gasteiger partial charge in [0, 0.05) is 52.4 Å². The van der Waals surface area contributed by atoms with Crippen molar-refractivity contribution in [1.82, 2.24) is 51.5 Å². The van der Waals surface area contributed by atoms with Crippen LogP contribution in [0.5, 0.6) is 23.0 Å². The molecule has 63 heavy (non-hydrogen) atoms. The van der Waals surface area contributed by atoms with Crippen LogP contribution in [0.25, 0.3) is 0 Å². The van der Waals surface area contributed by atoms with Gasteiger partial charge in [-0.25, -0.2) is 20.2 Å². The van der Waals surface area contributed by atoms with E-state index in [0.29, 0.717) is 25.9 Å². The first-order valence-corrected chi connectivity index (χ1v) is 19.0. The fourth-order valence-electron chi connectivity index (χ4n) is 6.24. The molecular formula is C44H40N10O8Zn+2. The van der Waals surface area contributed by atoms with E-state index in [2.05, 4.69) is 31.9 Å². The Hall–Kier alpha value is -6.82. The third-order valence-electron chi connectivity index (χ3n) is 9.66. The molecule has 4 aromatic carbocycles. The second kappa shape index (κ2) is 20.4. The summed E-state index contributed by atoms with van der Waals surface area (Å²) >= 11 is 0. The number of ether oxygens (including phenoxy) is 2. The van der Waals surface area contributed by atoms with Crippen LogP contribution in [0.15, 0.2) is 121 Å².